The number of ether oxygens (including phenoxy) is 1. The summed E-state index contributed by atoms with van der Waals surface area (Å²) >= 11 is 0. The number of methoxy groups -OCH3 is 1. The largest absolute Gasteiger partial charge is 0.507 e. The van der Waals surface area contributed by atoms with Crippen LogP contribution in [0.4, 0.5) is 0 Å². The highest BCUT2D eigenvalue weighted by atomic mass is 16.5. The van der Waals surface area contributed by atoms with Gasteiger partial charge in [0.2, 0.25) is 0 Å². The number of phenols is 1. The minimum Gasteiger partial charge on any atom is -0.507 e. The van der Waals surface area contributed by atoms with Gasteiger partial charge in [-0.25, -0.2) is 4.79 Å². The van der Waals surface area contributed by atoms with E-state index in [0.717, 1.165) is 0 Å². The summed E-state index contributed by atoms with van der Waals surface area (Å²) in [4.78, 5) is 11.6. The second kappa shape index (κ2) is 4.10. The fraction of sp³-hybridized carbons (Fsp3) is 0.250. The predicted octanol–water partition coefficient (Wildman–Crippen LogP) is 1.56. The Bertz CT molecular complexity index is 612. The Morgan fingerprint density at radius 3 is 2.65 bits per heavy atom. The zero-order valence-corrected chi connectivity index (χ0v) is 9.43. The molecule has 1 unspecified atom stereocenters. The molecule has 17 heavy (non-hydrogen) atoms. The summed E-state index contributed by atoms with van der Waals surface area (Å²) in [5.74, 6) is 0.373. The van der Waals surface area contributed by atoms with Gasteiger partial charge in [-0.2, -0.15) is 0 Å². The Labute approximate surface area is 96.9 Å². The molecule has 1 aromatic heterocycles. The third-order valence-corrected chi connectivity index (χ3v) is 2.48. The summed E-state index contributed by atoms with van der Waals surface area (Å²) in [6.07, 6.45) is -0.888. The van der Waals surface area contributed by atoms with Crippen molar-refractivity contribution in [2.24, 2.45) is 0 Å². The smallest absolute Gasteiger partial charge is 0.347 e. The lowest BCUT2D eigenvalue weighted by molar-refractivity contribution is 0.165. The average molecular weight is 236 g/mol. The van der Waals surface area contributed by atoms with Gasteiger partial charge in [0.15, 0.2) is 0 Å². The molecular weight excluding hydrogens is 224 g/mol. The summed E-state index contributed by atoms with van der Waals surface area (Å²) in [7, 11) is 1.46. The maximum atomic E-state index is 11.6. The molecule has 0 amide bonds. The number of fused-ring (bicyclic) bond motifs is 1. The number of hydrogen-bond acceptors (Lipinski definition) is 5. The molecule has 0 saturated carbocycles. The first-order valence-electron chi connectivity index (χ1n) is 5.05. The topological polar surface area (TPSA) is 79.9 Å². The lowest BCUT2D eigenvalue weighted by Crippen LogP contribution is -2.04. The summed E-state index contributed by atoms with van der Waals surface area (Å²) < 4.78 is 9.89. The van der Waals surface area contributed by atoms with E-state index >= 15 is 0 Å². The van der Waals surface area contributed by atoms with Crippen LogP contribution in [0, 0.1) is 0 Å². The predicted molar refractivity (Wildman–Crippen MR) is 61.3 cm³/mol. The van der Waals surface area contributed by atoms with Crippen LogP contribution in [0.25, 0.3) is 10.8 Å². The Hall–Kier alpha value is -2.01. The monoisotopic (exact) mass is 236 g/mol. The Balaban J connectivity index is 2.82. The molecule has 1 aromatic carbocycles. The lowest BCUT2D eigenvalue weighted by atomic mass is 10.1. The first kappa shape index (κ1) is 11.5. The molecule has 0 radical (unpaired) electrons. The van der Waals surface area contributed by atoms with E-state index in [1.807, 2.05) is 0 Å². The van der Waals surface area contributed by atoms with Gasteiger partial charge in [0, 0.05) is 6.07 Å². The number of aromatic hydroxyl groups is 1. The summed E-state index contributed by atoms with van der Waals surface area (Å²) in [5.41, 5.74) is -0.682. The van der Waals surface area contributed by atoms with Crippen molar-refractivity contribution in [3.8, 4) is 11.5 Å². The van der Waals surface area contributed by atoms with E-state index in [2.05, 4.69) is 0 Å². The normalized spacial score (nSPS) is 12.6. The number of benzene rings is 1. The molecule has 2 aromatic rings. The van der Waals surface area contributed by atoms with E-state index in [1.54, 1.807) is 6.07 Å². The fourth-order valence-corrected chi connectivity index (χ4v) is 1.62. The molecule has 5 heteroatoms. The van der Waals surface area contributed by atoms with Gasteiger partial charge in [0.05, 0.1) is 7.11 Å². The van der Waals surface area contributed by atoms with Crippen molar-refractivity contribution in [2.75, 3.05) is 7.11 Å². The zero-order valence-electron chi connectivity index (χ0n) is 9.43. The fourth-order valence-electron chi connectivity index (χ4n) is 1.62. The number of hydrogen-bond donors (Lipinski definition) is 2. The van der Waals surface area contributed by atoms with Crippen molar-refractivity contribution in [3.05, 3.63) is 34.4 Å². The SMILES string of the molecule is COc1cc(O)c2c(=O)oc(C(C)O)cc2c1. The van der Waals surface area contributed by atoms with Crippen molar-refractivity contribution in [3.63, 3.8) is 0 Å². The van der Waals surface area contributed by atoms with Crippen molar-refractivity contribution in [1.29, 1.82) is 0 Å². The third kappa shape index (κ3) is 1.97. The van der Waals surface area contributed by atoms with Crippen LogP contribution in [0.1, 0.15) is 18.8 Å². The molecular formula is C12H12O5. The number of phenolic OH excluding ortho intramolecular Hbond substituents is 1. The molecule has 0 saturated heterocycles. The van der Waals surface area contributed by atoms with E-state index in [1.165, 1.54) is 26.2 Å². The molecule has 2 rings (SSSR count). The van der Waals surface area contributed by atoms with Gasteiger partial charge in [0.1, 0.15) is 28.7 Å². The van der Waals surface area contributed by atoms with Gasteiger partial charge in [-0.05, 0) is 24.4 Å². The van der Waals surface area contributed by atoms with Crippen LogP contribution in [-0.4, -0.2) is 17.3 Å². The minimum atomic E-state index is -0.888. The van der Waals surface area contributed by atoms with Gasteiger partial charge in [-0.1, -0.05) is 0 Å². The van der Waals surface area contributed by atoms with Crippen molar-refractivity contribution in [2.45, 2.75) is 13.0 Å². The van der Waals surface area contributed by atoms with Crippen LogP contribution in [-0.2, 0) is 0 Å². The minimum absolute atomic E-state index is 0.0789. The standard InChI is InChI=1S/C12H12O5/c1-6(13)10-4-7-3-8(16-2)5-9(14)11(7)12(15)17-10/h3-6,13-14H,1-2H3. The summed E-state index contributed by atoms with van der Waals surface area (Å²) in [6, 6.07) is 4.43. The maximum Gasteiger partial charge on any atom is 0.347 e. The van der Waals surface area contributed by atoms with Gasteiger partial charge in [0.25, 0.3) is 0 Å². The molecule has 0 spiro atoms. The average Bonchev–Trinajstić information content (AvgIpc) is 2.27. The van der Waals surface area contributed by atoms with Crippen molar-refractivity contribution < 1.29 is 19.4 Å². The van der Waals surface area contributed by atoms with Crippen LogP contribution in [0.15, 0.2) is 27.4 Å². The quantitative estimate of drug-likeness (QED) is 0.827. The lowest BCUT2D eigenvalue weighted by Gasteiger charge is -2.07. The van der Waals surface area contributed by atoms with Crippen LogP contribution in [0.3, 0.4) is 0 Å². The molecule has 1 heterocycles. The molecule has 1 atom stereocenters. The Morgan fingerprint density at radius 2 is 2.06 bits per heavy atom. The van der Waals surface area contributed by atoms with Gasteiger partial charge in [-0.15, -0.1) is 0 Å². The van der Waals surface area contributed by atoms with Crippen LogP contribution >= 0.6 is 0 Å². The van der Waals surface area contributed by atoms with Crippen LogP contribution < -0.4 is 10.4 Å². The third-order valence-electron chi connectivity index (χ3n) is 2.48. The molecule has 0 aliphatic carbocycles. The molecule has 90 valence electrons. The molecule has 0 bridgehead atoms. The summed E-state index contributed by atoms with van der Waals surface area (Å²) in [5, 5.41) is 19.6. The van der Waals surface area contributed by atoms with Gasteiger partial charge >= 0.3 is 5.63 Å². The number of aliphatic hydroxyl groups is 1. The molecule has 0 fully saturated rings. The second-order valence-electron chi connectivity index (χ2n) is 3.72. The second-order valence-corrected chi connectivity index (χ2v) is 3.72. The van der Waals surface area contributed by atoms with Crippen molar-refractivity contribution >= 4 is 10.8 Å². The number of aliphatic hydroxyl groups excluding tert-OH is 1. The van der Waals surface area contributed by atoms with E-state index < -0.39 is 11.7 Å². The molecule has 5 nitrogen and oxygen atoms in total. The highest BCUT2D eigenvalue weighted by Crippen LogP contribution is 2.29. The first-order valence-corrected chi connectivity index (χ1v) is 5.05. The van der Waals surface area contributed by atoms with E-state index in [4.69, 9.17) is 9.15 Å². The summed E-state index contributed by atoms with van der Waals surface area (Å²) in [6.45, 7) is 1.49. The van der Waals surface area contributed by atoms with E-state index in [9.17, 15) is 15.0 Å². The highest BCUT2D eigenvalue weighted by molar-refractivity contribution is 5.88. The van der Waals surface area contributed by atoms with Crippen LogP contribution in [0.2, 0.25) is 0 Å². The van der Waals surface area contributed by atoms with Crippen molar-refractivity contribution in [1.82, 2.24) is 0 Å². The Morgan fingerprint density at radius 1 is 1.35 bits per heavy atom. The highest BCUT2D eigenvalue weighted by Gasteiger charge is 2.13. The molecule has 0 aliphatic rings. The van der Waals surface area contributed by atoms with E-state index in [0.29, 0.717) is 11.1 Å². The molecule has 2 N–H and O–H groups in total. The maximum absolute atomic E-state index is 11.6. The molecule has 0 aliphatic heterocycles. The zero-order chi connectivity index (χ0) is 12.6. The van der Waals surface area contributed by atoms with Gasteiger partial charge in [-0.3, -0.25) is 0 Å². The Kier molecular flexibility index (Phi) is 2.77. The van der Waals surface area contributed by atoms with Crippen LogP contribution in [0.5, 0.6) is 11.5 Å². The van der Waals surface area contributed by atoms with Gasteiger partial charge < -0.3 is 19.4 Å². The first-order chi connectivity index (χ1) is 8.02. The number of rotatable bonds is 2. The van der Waals surface area contributed by atoms with E-state index in [-0.39, 0.29) is 16.9 Å².